The molecular weight excluding hydrogens is 248 g/mol. The zero-order valence-electron chi connectivity index (χ0n) is 11.8. The molecule has 0 aliphatic carbocycles. The Morgan fingerprint density at radius 1 is 1.20 bits per heavy atom. The van der Waals surface area contributed by atoms with Gasteiger partial charge in [0.1, 0.15) is 0 Å². The maximum absolute atomic E-state index is 4.41. The van der Waals surface area contributed by atoms with Crippen LogP contribution in [0, 0.1) is 0 Å². The van der Waals surface area contributed by atoms with Gasteiger partial charge < -0.3 is 5.32 Å². The van der Waals surface area contributed by atoms with Gasteiger partial charge in [-0.05, 0) is 37.9 Å². The molecule has 0 spiro atoms. The summed E-state index contributed by atoms with van der Waals surface area (Å²) in [5.41, 5.74) is 2.53. The van der Waals surface area contributed by atoms with E-state index in [0.717, 1.165) is 12.6 Å². The van der Waals surface area contributed by atoms with Crippen molar-refractivity contribution >= 4 is 5.52 Å². The maximum atomic E-state index is 4.41. The number of fused-ring (bicyclic) bond motifs is 2. The van der Waals surface area contributed by atoms with Crippen molar-refractivity contribution in [2.45, 2.75) is 44.3 Å². The second kappa shape index (κ2) is 5.19. The number of nitrogens with zero attached hydrogens (tertiary/aromatic N) is 3. The molecule has 20 heavy (non-hydrogen) atoms. The van der Waals surface area contributed by atoms with Crippen LogP contribution in [-0.2, 0) is 6.54 Å². The molecule has 2 saturated heterocycles. The number of hydrogen-bond acceptors (Lipinski definition) is 3. The summed E-state index contributed by atoms with van der Waals surface area (Å²) >= 11 is 0. The standard InChI is InChI=1S/C16H22N4/c1-3-8-19-10-7-14(16(19)6-1)17-11-13-12-18-20-9-4-2-5-15(13)20/h2,4-5,9,12,14,16-17H,1,3,6-8,10-11H2. The topological polar surface area (TPSA) is 32.6 Å². The summed E-state index contributed by atoms with van der Waals surface area (Å²) in [6, 6.07) is 7.68. The Kier molecular flexibility index (Phi) is 3.20. The van der Waals surface area contributed by atoms with Crippen LogP contribution < -0.4 is 5.32 Å². The fourth-order valence-corrected chi connectivity index (χ4v) is 3.85. The highest BCUT2D eigenvalue weighted by molar-refractivity contribution is 5.53. The zero-order valence-corrected chi connectivity index (χ0v) is 11.8. The van der Waals surface area contributed by atoms with Crippen LogP contribution in [0.4, 0.5) is 0 Å². The van der Waals surface area contributed by atoms with Crippen LogP contribution in [0.5, 0.6) is 0 Å². The zero-order chi connectivity index (χ0) is 13.4. The van der Waals surface area contributed by atoms with Crippen molar-refractivity contribution in [3.8, 4) is 0 Å². The Morgan fingerprint density at radius 2 is 2.20 bits per heavy atom. The van der Waals surface area contributed by atoms with Crippen molar-refractivity contribution in [3.63, 3.8) is 0 Å². The molecule has 4 heteroatoms. The SMILES string of the molecule is c1ccn2ncc(CNC3CCN4CCCCC34)c2c1. The van der Waals surface area contributed by atoms with Crippen molar-refractivity contribution in [2.75, 3.05) is 13.1 Å². The van der Waals surface area contributed by atoms with E-state index in [4.69, 9.17) is 0 Å². The molecule has 4 heterocycles. The van der Waals surface area contributed by atoms with E-state index in [9.17, 15) is 0 Å². The van der Waals surface area contributed by atoms with Crippen LogP contribution in [0.15, 0.2) is 30.6 Å². The second-order valence-corrected chi connectivity index (χ2v) is 6.08. The van der Waals surface area contributed by atoms with E-state index in [0.29, 0.717) is 6.04 Å². The molecular formula is C16H22N4. The number of hydrogen-bond donors (Lipinski definition) is 1. The van der Waals surface area contributed by atoms with Gasteiger partial charge in [0, 0.05) is 36.9 Å². The molecule has 2 atom stereocenters. The van der Waals surface area contributed by atoms with Crippen LogP contribution >= 0.6 is 0 Å². The lowest BCUT2D eigenvalue weighted by molar-refractivity contribution is 0.180. The lowest BCUT2D eigenvalue weighted by Gasteiger charge is -2.32. The molecule has 106 valence electrons. The third-order valence-electron chi connectivity index (χ3n) is 4.92. The van der Waals surface area contributed by atoms with Gasteiger partial charge in [0.25, 0.3) is 0 Å². The lowest BCUT2D eigenvalue weighted by Crippen LogP contribution is -2.44. The minimum Gasteiger partial charge on any atom is -0.308 e. The Hall–Kier alpha value is -1.39. The summed E-state index contributed by atoms with van der Waals surface area (Å²) in [6.07, 6.45) is 9.46. The van der Waals surface area contributed by atoms with Crippen molar-refractivity contribution in [1.29, 1.82) is 0 Å². The molecule has 0 radical (unpaired) electrons. The highest BCUT2D eigenvalue weighted by Crippen LogP contribution is 2.27. The van der Waals surface area contributed by atoms with Gasteiger partial charge in [-0.25, -0.2) is 4.52 Å². The Morgan fingerprint density at radius 3 is 3.20 bits per heavy atom. The van der Waals surface area contributed by atoms with E-state index in [-0.39, 0.29) is 0 Å². The third kappa shape index (κ3) is 2.13. The van der Waals surface area contributed by atoms with Crippen LogP contribution in [-0.4, -0.2) is 39.7 Å². The van der Waals surface area contributed by atoms with Crippen LogP contribution in [0.2, 0.25) is 0 Å². The van der Waals surface area contributed by atoms with E-state index in [1.165, 1.54) is 49.9 Å². The van der Waals surface area contributed by atoms with Crippen molar-refractivity contribution in [1.82, 2.24) is 19.8 Å². The number of aromatic nitrogens is 2. The van der Waals surface area contributed by atoms with Gasteiger partial charge in [-0.15, -0.1) is 0 Å². The van der Waals surface area contributed by atoms with Gasteiger partial charge in [-0.3, -0.25) is 4.90 Å². The predicted octanol–water partition coefficient (Wildman–Crippen LogP) is 2.05. The molecule has 0 aromatic carbocycles. The van der Waals surface area contributed by atoms with Gasteiger partial charge in [-0.2, -0.15) is 5.10 Å². The Labute approximate surface area is 119 Å². The minimum atomic E-state index is 0.661. The predicted molar refractivity (Wildman–Crippen MR) is 79.6 cm³/mol. The summed E-state index contributed by atoms with van der Waals surface area (Å²) in [4.78, 5) is 2.68. The first-order valence-corrected chi connectivity index (χ1v) is 7.80. The summed E-state index contributed by atoms with van der Waals surface area (Å²) in [7, 11) is 0. The van der Waals surface area contributed by atoms with E-state index in [1.54, 1.807) is 0 Å². The molecule has 2 unspecified atom stereocenters. The Balaban J connectivity index is 1.45. The largest absolute Gasteiger partial charge is 0.308 e. The average molecular weight is 270 g/mol. The molecule has 2 aliphatic rings. The lowest BCUT2D eigenvalue weighted by atomic mass is 9.99. The van der Waals surface area contributed by atoms with Gasteiger partial charge in [0.2, 0.25) is 0 Å². The van der Waals surface area contributed by atoms with Crippen LogP contribution in [0.25, 0.3) is 5.52 Å². The first kappa shape index (κ1) is 12.4. The molecule has 2 fully saturated rings. The molecule has 2 aromatic heterocycles. The van der Waals surface area contributed by atoms with Crippen molar-refractivity contribution in [3.05, 3.63) is 36.2 Å². The van der Waals surface area contributed by atoms with Crippen molar-refractivity contribution in [2.24, 2.45) is 0 Å². The number of pyridine rings is 1. The molecule has 0 amide bonds. The smallest absolute Gasteiger partial charge is 0.0706 e. The van der Waals surface area contributed by atoms with Gasteiger partial charge in [-0.1, -0.05) is 12.5 Å². The second-order valence-electron chi connectivity index (χ2n) is 6.08. The quantitative estimate of drug-likeness (QED) is 0.926. The average Bonchev–Trinajstić information content (AvgIpc) is 3.09. The summed E-state index contributed by atoms with van der Waals surface area (Å²) in [5.74, 6) is 0. The van der Waals surface area contributed by atoms with E-state index < -0.39 is 0 Å². The summed E-state index contributed by atoms with van der Waals surface area (Å²) < 4.78 is 1.96. The normalized spacial score (nSPS) is 27.0. The molecule has 4 nitrogen and oxygen atoms in total. The fourth-order valence-electron chi connectivity index (χ4n) is 3.85. The van der Waals surface area contributed by atoms with E-state index >= 15 is 0 Å². The number of rotatable bonds is 3. The highest BCUT2D eigenvalue weighted by Gasteiger charge is 2.34. The van der Waals surface area contributed by atoms with Gasteiger partial charge >= 0.3 is 0 Å². The van der Waals surface area contributed by atoms with Crippen LogP contribution in [0.1, 0.15) is 31.2 Å². The minimum absolute atomic E-state index is 0.661. The highest BCUT2D eigenvalue weighted by atomic mass is 15.2. The number of piperidine rings is 1. The Bertz CT molecular complexity index is 591. The monoisotopic (exact) mass is 270 g/mol. The van der Waals surface area contributed by atoms with Crippen LogP contribution in [0.3, 0.4) is 0 Å². The molecule has 2 aliphatic heterocycles. The van der Waals surface area contributed by atoms with E-state index in [2.05, 4.69) is 27.4 Å². The molecule has 4 rings (SSSR count). The first-order valence-electron chi connectivity index (χ1n) is 7.80. The maximum Gasteiger partial charge on any atom is 0.0706 e. The van der Waals surface area contributed by atoms with Gasteiger partial charge in [0.15, 0.2) is 0 Å². The number of nitrogens with one attached hydrogen (secondary N) is 1. The fraction of sp³-hybridized carbons (Fsp3) is 0.562. The molecule has 2 aromatic rings. The first-order chi connectivity index (χ1) is 9.92. The van der Waals surface area contributed by atoms with Crippen molar-refractivity contribution < 1.29 is 0 Å². The molecule has 1 N–H and O–H groups in total. The van der Waals surface area contributed by atoms with E-state index in [1.807, 2.05) is 23.0 Å². The van der Waals surface area contributed by atoms with Gasteiger partial charge in [0.05, 0.1) is 11.7 Å². The molecule has 0 bridgehead atoms. The summed E-state index contributed by atoms with van der Waals surface area (Å²) in [5, 5.41) is 8.19. The summed E-state index contributed by atoms with van der Waals surface area (Å²) in [6.45, 7) is 3.51. The third-order valence-corrected chi connectivity index (χ3v) is 4.92. The molecule has 0 saturated carbocycles.